The van der Waals surface area contributed by atoms with Crippen LogP contribution in [-0.2, 0) is 0 Å². The van der Waals surface area contributed by atoms with E-state index < -0.39 is 4.92 Å². The van der Waals surface area contributed by atoms with E-state index in [1.54, 1.807) is 37.3 Å². The summed E-state index contributed by atoms with van der Waals surface area (Å²) in [5.41, 5.74) is 1.10. The Kier molecular flexibility index (Phi) is 5.95. The number of benzene rings is 2. The molecule has 0 saturated heterocycles. The molecule has 2 aromatic carbocycles. The van der Waals surface area contributed by atoms with Crippen LogP contribution in [0.3, 0.4) is 0 Å². The summed E-state index contributed by atoms with van der Waals surface area (Å²) in [7, 11) is 4.35. The summed E-state index contributed by atoms with van der Waals surface area (Å²) in [5, 5.41) is 11.1. The van der Waals surface area contributed by atoms with E-state index in [0.717, 1.165) is 0 Å². The van der Waals surface area contributed by atoms with Crippen LogP contribution in [0, 0.1) is 10.1 Å². The van der Waals surface area contributed by atoms with Crippen LogP contribution in [0.5, 0.6) is 17.2 Å². The van der Waals surface area contributed by atoms with Crippen molar-refractivity contribution in [3.05, 3.63) is 63.2 Å². The summed E-state index contributed by atoms with van der Waals surface area (Å²) in [6, 6.07) is 9.44. The molecule has 0 spiro atoms. The van der Waals surface area contributed by atoms with E-state index in [9.17, 15) is 14.9 Å². The van der Waals surface area contributed by atoms with E-state index in [4.69, 9.17) is 14.2 Å². The van der Waals surface area contributed by atoms with Crippen LogP contribution in [0.25, 0.3) is 6.08 Å². The van der Waals surface area contributed by atoms with Crippen LogP contribution in [0.1, 0.15) is 22.8 Å². The van der Waals surface area contributed by atoms with Crippen LogP contribution in [0.15, 0.2) is 42.0 Å². The number of nitrogens with zero attached hydrogens (tertiary/aromatic N) is 1. The first kappa shape index (κ1) is 19.0. The van der Waals surface area contributed by atoms with Gasteiger partial charge in [-0.2, -0.15) is 0 Å². The van der Waals surface area contributed by atoms with Crippen molar-refractivity contribution in [2.45, 2.75) is 6.92 Å². The molecule has 2 aromatic rings. The Morgan fingerprint density at radius 1 is 1.00 bits per heavy atom. The van der Waals surface area contributed by atoms with Crippen LogP contribution in [0.2, 0.25) is 0 Å². The van der Waals surface area contributed by atoms with Gasteiger partial charge in [-0.25, -0.2) is 0 Å². The summed E-state index contributed by atoms with van der Waals surface area (Å²) in [6.45, 7) is 1.64. The maximum absolute atomic E-state index is 12.8. The van der Waals surface area contributed by atoms with Crippen LogP contribution >= 0.6 is 0 Å². The Balaban J connectivity index is 2.42. The second kappa shape index (κ2) is 8.15. The molecule has 0 N–H and O–H groups in total. The van der Waals surface area contributed by atoms with Gasteiger partial charge in [0.25, 0.3) is 0 Å². The van der Waals surface area contributed by atoms with Gasteiger partial charge in [-0.15, -0.1) is 0 Å². The SMILES string of the molecule is COc1ccc(OC)c(C(=O)C(C)=Cc2ccc(OC)c([N+](=O)[O-])c2)c1. The third-order valence-corrected chi connectivity index (χ3v) is 3.79. The lowest BCUT2D eigenvalue weighted by Crippen LogP contribution is -2.04. The molecule has 0 aliphatic heterocycles. The molecule has 0 aliphatic rings. The Morgan fingerprint density at radius 3 is 2.23 bits per heavy atom. The lowest BCUT2D eigenvalue weighted by Gasteiger charge is -2.10. The highest BCUT2D eigenvalue weighted by atomic mass is 16.6. The van der Waals surface area contributed by atoms with Crippen molar-refractivity contribution in [2.75, 3.05) is 21.3 Å². The van der Waals surface area contributed by atoms with E-state index in [-0.39, 0.29) is 17.2 Å². The zero-order valence-corrected chi connectivity index (χ0v) is 14.9. The van der Waals surface area contributed by atoms with Gasteiger partial charge in [0.05, 0.1) is 31.8 Å². The molecule has 136 valence electrons. The van der Waals surface area contributed by atoms with E-state index in [2.05, 4.69) is 0 Å². The van der Waals surface area contributed by atoms with Crippen molar-refractivity contribution in [2.24, 2.45) is 0 Å². The van der Waals surface area contributed by atoms with E-state index in [1.807, 2.05) is 0 Å². The monoisotopic (exact) mass is 357 g/mol. The van der Waals surface area contributed by atoms with Crippen LogP contribution < -0.4 is 14.2 Å². The quantitative estimate of drug-likeness (QED) is 0.323. The number of Topliss-reactive ketones (excluding diaryl/α,β-unsaturated/α-hetero) is 1. The second-order valence-corrected chi connectivity index (χ2v) is 5.41. The number of hydrogen-bond acceptors (Lipinski definition) is 6. The summed E-state index contributed by atoms with van der Waals surface area (Å²) in [5.74, 6) is 0.844. The predicted octanol–water partition coefficient (Wildman–Crippen LogP) is 3.91. The highest BCUT2D eigenvalue weighted by molar-refractivity contribution is 6.12. The molecular formula is C19H19NO6. The maximum atomic E-state index is 12.8. The molecule has 0 unspecified atom stereocenters. The lowest BCUT2D eigenvalue weighted by molar-refractivity contribution is -0.385. The molecule has 7 nitrogen and oxygen atoms in total. The fourth-order valence-electron chi connectivity index (χ4n) is 2.46. The van der Waals surface area contributed by atoms with Crippen molar-refractivity contribution >= 4 is 17.5 Å². The van der Waals surface area contributed by atoms with Crippen LogP contribution in [-0.4, -0.2) is 32.0 Å². The Labute approximate surface area is 151 Å². The average molecular weight is 357 g/mol. The van der Waals surface area contributed by atoms with Gasteiger partial charge in [-0.1, -0.05) is 6.07 Å². The molecule has 0 aromatic heterocycles. The molecule has 0 aliphatic carbocycles. The maximum Gasteiger partial charge on any atom is 0.311 e. The average Bonchev–Trinajstić information content (AvgIpc) is 2.66. The Hall–Kier alpha value is -3.35. The fourth-order valence-corrected chi connectivity index (χ4v) is 2.46. The third kappa shape index (κ3) is 4.00. The van der Waals surface area contributed by atoms with Crippen molar-refractivity contribution in [3.63, 3.8) is 0 Å². The predicted molar refractivity (Wildman–Crippen MR) is 97.2 cm³/mol. The summed E-state index contributed by atoms with van der Waals surface area (Å²) >= 11 is 0. The molecule has 0 fully saturated rings. The minimum Gasteiger partial charge on any atom is -0.497 e. The minimum absolute atomic E-state index is 0.158. The van der Waals surface area contributed by atoms with Gasteiger partial charge in [0.1, 0.15) is 11.5 Å². The third-order valence-electron chi connectivity index (χ3n) is 3.79. The summed E-state index contributed by atoms with van der Waals surface area (Å²) < 4.78 is 15.4. The van der Waals surface area contributed by atoms with Crippen molar-refractivity contribution in [1.29, 1.82) is 0 Å². The Bertz CT molecular complexity index is 872. The molecule has 26 heavy (non-hydrogen) atoms. The van der Waals surface area contributed by atoms with Crippen LogP contribution in [0.4, 0.5) is 5.69 Å². The molecule has 0 heterocycles. The molecule has 2 rings (SSSR count). The normalized spacial score (nSPS) is 11.0. The largest absolute Gasteiger partial charge is 0.497 e. The smallest absolute Gasteiger partial charge is 0.311 e. The number of carbonyl (C=O) groups excluding carboxylic acids is 1. The van der Waals surface area contributed by atoms with Gasteiger partial charge < -0.3 is 14.2 Å². The molecule has 0 saturated carbocycles. The summed E-state index contributed by atoms with van der Waals surface area (Å²) in [4.78, 5) is 23.4. The van der Waals surface area contributed by atoms with Gasteiger partial charge in [-0.3, -0.25) is 14.9 Å². The molecule has 0 amide bonds. The number of allylic oxidation sites excluding steroid dienone is 1. The number of methoxy groups -OCH3 is 3. The first-order valence-corrected chi connectivity index (χ1v) is 7.68. The highest BCUT2D eigenvalue weighted by Crippen LogP contribution is 2.30. The van der Waals surface area contributed by atoms with Gasteiger partial charge in [0, 0.05) is 6.07 Å². The number of carbonyl (C=O) groups is 1. The van der Waals surface area contributed by atoms with Gasteiger partial charge in [0.2, 0.25) is 0 Å². The zero-order valence-electron chi connectivity index (χ0n) is 14.9. The van der Waals surface area contributed by atoms with Gasteiger partial charge >= 0.3 is 5.69 Å². The first-order chi connectivity index (χ1) is 12.4. The molecular weight excluding hydrogens is 338 g/mol. The number of hydrogen-bond donors (Lipinski definition) is 0. The second-order valence-electron chi connectivity index (χ2n) is 5.41. The number of nitro groups is 1. The molecule has 0 radical (unpaired) electrons. The number of nitro benzene ring substituents is 1. The zero-order chi connectivity index (χ0) is 19.3. The standard InChI is InChI=1S/C19H19NO6/c1-12(9-13-5-7-18(26-4)16(10-13)20(22)23)19(21)15-11-14(24-2)6-8-17(15)25-3/h5-11H,1-4H3. The Morgan fingerprint density at radius 2 is 1.65 bits per heavy atom. The van der Waals surface area contributed by atoms with E-state index >= 15 is 0 Å². The van der Waals surface area contributed by atoms with Gasteiger partial charge in [0.15, 0.2) is 11.5 Å². The first-order valence-electron chi connectivity index (χ1n) is 7.68. The van der Waals surface area contributed by atoms with E-state index in [0.29, 0.717) is 28.2 Å². The topological polar surface area (TPSA) is 87.9 Å². The summed E-state index contributed by atoms with van der Waals surface area (Å²) in [6.07, 6.45) is 1.58. The van der Waals surface area contributed by atoms with Crippen molar-refractivity contribution in [3.8, 4) is 17.2 Å². The molecule has 0 atom stereocenters. The molecule has 0 bridgehead atoms. The molecule has 7 heteroatoms. The number of rotatable bonds is 7. The van der Waals surface area contributed by atoms with Gasteiger partial charge in [-0.05, 0) is 48.4 Å². The highest BCUT2D eigenvalue weighted by Gasteiger charge is 2.17. The van der Waals surface area contributed by atoms with Crippen molar-refractivity contribution < 1.29 is 23.9 Å². The number of ketones is 1. The van der Waals surface area contributed by atoms with E-state index in [1.165, 1.54) is 33.5 Å². The fraction of sp³-hybridized carbons (Fsp3) is 0.211. The van der Waals surface area contributed by atoms with Crippen molar-refractivity contribution in [1.82, 2.24) is 0 Å². The number of ether oxygens (including phenoxy) is 3. The lowest BCUT2D eigenvalue weighted by atomic mass is 10.0. The minimum atomic E-state index is -0.529.